The van der Waals surface area contributed by atoms with Gasteiger partial charge in [-0.05, 0) is 52.0 Å². The Morgan fingerprint density at radius 3 is 2.59 bits per heavy atom. The summed E-state index contributed by atoms with van der Waals surface area (Å²) in [5.74, 6) is 0.0643. The number of rotatable bonds is 7. The highest BCUT2D eigenvalue weighted by Crippen LogP contribution is 2.33. The van der Waals surface area contributed by atoms with Crippen LogP contribution in [0.25, 0.3) is 22.5 Å². The van der Waals surface area contributed by atoms with Crippen molar-refractivity contribution in [3.05, 3.63) is 53.2 Å². The van der Waals surface area contributed by atoms with E-state index in [1.54, 1.807) is 19.1 Å². The van der Waals surface area contributed by atoms with E-state index in [0.29, 0.717) is 18.0 Å². The summed E-state index contributed by atoms with van der Waals surface area (Å²) in [7, 11) is 0. The van der Waals surface area contributed by atoms with Gasteiger partial charge in [-0.1, -0.05) is 0 Å². The van der Waals surface area contributed by atoms with Crippen molar-refractivity contribution >= 4 is 16.9 Å². The Bertz CT molecular complexity index is 1260. The first kappa shape index (κ1) is 21.7. The maximum Gasteiger partial charge on any atom is 0.264 e. The number of pyridine rings is 1. The van der Waals surface area contributed by atoms with Gasteiger partial charge in [0.25, 0.3) is 6.43 Å². The number of hydrogen-bond donors (Lipinski definition) is 1. The predicted molar refractivity (Wildman–Crippen MR) is 114 cm³/mol. The van der Waals surface area contributed by atoms with E-state index in [2.05, 4.69) is 20.5 Å². The monoisotopic (exact) mass is 442 g/mol. The van der Waals surface area contributed by atoms with Gasteiger partial charge in [0.05, 0.1) is 29.6 Å². The Kier molecular flexibility index (Phi) is 5.77. The number of aryl methyl sites for hydroxylation is 3. The summed E-state index contributed by atoms with van der Waals surface area (Å²) in [6.45, 7) is 7.74. The first-order valence-corrected chi connectivity index (χ1v) is 10.2. The number of furan rings is 1. The second kappa shape index (κ2) is 8.52. The minimum absolute atomic E-state index is 0.150. The molecule has 4 heterocycles. The van der Waals surface area contributed by atoms with Crippen molar-refractivity contribution in [2.24, 2.45) is 0 Å². The van der Waals surface area contributed by atoms with Crippen molar-refractivity contribution in [1.29, 1.82) is 0 Å². The predicted octanol–water partition coefficient (Wildman–Crippen LogP) is 3.96. The number of halogens is 2. The van der Waals surface area contributed by atoms with Gasteiger partial charge in [0, 0.05) is 17.3 Å². The van der Waals surface area contributed by atoms with E-state index in [1.165, 1.54) is 17.0 Å². The molecular weight excluding hydrogens is 418 g/mol. The van der Waals surface area contributed by atoms with Crippen LogP contribution in [0.2, 0.25) is 0 Å². The Hall–Kier alpha value is -3.56. The maximum absolute atomic E-state index is 13.8. The number of carbonyl (C=O) groups is 1. The van der Waals surface area contributed by atoms with Crippen LogP contribution in [0.5, 0.6) is 0 Å². The summed E-state index contributed by atoms with van der Waals surface area (Å²) < 4.78 is 36.1. The number of nitrogens with zero attached hydrogens (tertiary/aromatic N) is 5. The SMILES string of the molecule is Cc1cc(C)n(CC(C)NC(=O)Cn2nc(C)c3c(C(F)F)cc(-c4ccco4)nc32)n1. The molecule has 0 saturated heterocycles. The van der Waals surface area contributed by atoms with E-state index >= 15 is 0 Å². The third kappa shape index (κ3) is 4.25. The number of fused-ring (bicyclic) bond motifs is 1. The standard InChI is InChI=1S/C22H24F2N6O2/c1-12-8-14(3)29(27-12)10-13(2)25-19(31)11-30-22-20(15(4)28-30)16(21(23)24)9-17(26-22)18-6-5-7-32-18/h5-9,13,21H,10-11H2,1-4H3,(H,25,31). The molecule has 0 aliphatic rings. The Morgan fingerprint density at radius 2 is 1.97 bits per heavy atom. The van der Waals surface area contributed by atoms with E-state index < -0.39 is 6.43 Å². The summed E-state index contributed by atoms with van der Waals surface area (Å²) in [5.41, 5.74) is 2.59. The van der Waals surface area contributed by atoms with Crippen molar-refractivity contribution in [3.8, 4) is 11.5 Å². The maximum atomic E-state index is 13.8. The van der Waals surface area contributed by atoms with Crippen LogP contribution < -0.4 is 5.32 Å². The molecule has 0 fully saturated rings. The van der Waals surface area contributed by atoms with Gasteiger partial charge < -0.3 is 9.73 Å². The fourth-order valence-electron chi connectivity index (χ4n) is 3.84. The number of aromatic nitrogens is 5. The average molecular weight is 442 g/mol. The number of nitrogens with one attached hydrogen (secondary N) is 1. The molecule has 4 rings (SSSR count). The van der Waals surface area contributed by atoms with E-state index in [9.17, 15) is 13.6 Å². The summed E-state index contributed by atoms with van der Waals surface area (Å²) >= 11 is 0. The van der Waals surface area contributed by atoms with Gasteiger partial charge in [-0.2, -0.15) is 10.2 Å². The molecule has 0 aliphatic heterocycles. The fourth-order valence-corrected chi connectivity index (χ4v) is 3.84. The zero-order chi connectivity index (χ0) is 23.0. The first-order chi connectivity index (χ1) is 15.2. The van der Waals surface area contributed by atoms with Crippen LogP contribution in [-0.2, 0) is 17.9 Å². The molecule has 1 amide bonds. The molecule has 8 nitrogen and oxygen atoms in total. The molecule has 1 atom stereocenters. The van der Waals surface area contributed by atoms with Crippen LogP contribution in [0.15, 0.2) is 34.9 Å². The Labute approximate surface area is 183 Å². The van der Waals surface area contributed by atoms with E-state index in [0.717, 1.165) is 11.4 Å². The molecule has 1 N–H and O–H groups in total. The van der Waals surface area contributed by atoms with E-state index in [1.807, 2.05) is 31.5 Å². The summed E-state index contributed by atoms with van der Waals surface area (Å²) in [6.07, 6.45) is -1.27. The molecule has 1 unspecified atom stereocenters. The van der Waals surface area contributed by atoms with Crippen LogP contribution in [0.4, 0.5) is 8.78 Å². The normalized spacial score (nSPS) is 12.6. The highest BCUT2D eigenvalue weighted by molar-refractivity contribution is 5.86. The molecule has 0 radical (unpaired) electrons. The summed E-state index contributed by atoms with van der Waals surface area (Å²) in [6, 6.07) is 6.39. The molecule has 0 spiro atoms. The number of alkyl halides is 2. The van der Waals surface area contributed by atoms with E-state index in [4.69, 9.17) is 4.42 Å². The highest BCUT2D eigenvalue weighted by atomic mass is 19.3. The molecule has 4 aromatic heterocycles. The fraction of sp³-hybridized carbons (Fsp3) is 0.364. The molecule has 4 aromatic rings. The minimum atomic E-state index is -2.72. The smallest absolute Gasteiger partial charge is 0.264 e. The van der Waals surface area contributed by atoms with Crippen LogP contribution in [-0.4, -0.2) is 36.5 Å². The van der Waals surface area contributed by atoms with Crippen molar-refractivity contribution < 1.29 is 18.0 Å². The lowest BCUT2D eigenvalue weighted by Gasteiger charge is -2.15. The summed E-state index contributed by atoms with van der Waals surface area (Å²) in [4.78, 5) is 17.2. The molecule has 32 heavy (non-hydrogen) atoms. The van der Waals surface area contributed by atoms with Crippen molar-refractivity contribution in [2.45, 2.75) is 53.3 Å². The Morgan fingerprint density at radius 1 is 1.19 bits per heavy atom. The highest BCUT2D eigenvalue weighted by Gasteiger charge is 2.23. The number of carbonyl (C=O) groups excluding carboxylic acids is 1. The van der Waals surface area contributed by atoms with Crippen molar-refractivity contribution in [1.82, 2.24) is 29.9 Å². The first-order valence-electron chi connectivity index (χ1n) is 10.2. The lowest BCUT2D eigenvalue weighted by atomic mass is 10.1. The zero-order valence-electron chi connectivity index (χ0n) is 18.3. The van der Waals surface area contributed by atoms with Crippen molar-refractivity contribution in [3.63, 3.8) is 0 Å². The van der Waals surface area contributed by atoms with Gasteiger partial charge in [0.15, 0.2) is 11.4 Å². The van der Waals surface area contributed by atoms with Crippen molar-refractivity contribution in [2.75, 3.05) is 0 Å². The Balaban J connectivity index is 1.59. The van der Waals surface area contributed by atoms with Crippen LogP contribution in [0.1, 0.15) is 36.0 Å². The quantitative estimate of drug-likeness (QED) is 0.468. The van der Waals surface area contributed by atoms with Gasteiger partial charge in [-0.15, -0.1) is 0 Å². The van der Waals surface area contributed by atoms with Crippen LogP contribution in [0.3, 0.4) is 0 Å². The zero-order valence-corrected chi connectivity index (χ0v) is 18.3. The topological polar surface area (TPSA) is 90.8 Å². The molecular formula is C22H24F2N6O2. The van der Waals surface area contributed by atoms with Gasteiger partial charge >= 0.3 is 0 Å². The van der Waals surface area contributed by atoms with E-state index in [-0.39, 0.29) is 40.8 Å². The average Bonchev–Trinajstić information content (AvgIpc) is 3.42. The second-order valence-corrected chi connectivity index (χ2v) is 7.89. The number of amides is 1. The molecule has 0 aromatic carbocycles. The van der Waals surface area contributed by atoms with Gasteiger partial charge in [0.1, 0.15) is 12.2 Å². The largest absolute Gasteiger partial charge is 0.463 e. The molecule has 0 saturated carbocycles. The van der Waals surface area contributed by atoms with Crippen LogP contribution >= 0.6 is 0 Å². The second-order valence-electron chi connectivity index (χ2n) is 7.89. The van der Waals surface area contributed by atoms with Gasteiger partial charge in [-0.3, -0.25) is 9.48 Å². The molecule has 10 heteroatoms. The number of hydrogen-bond acceptors (Lipinski definition) is 5. The summed E-state index contributed by atoms with van der Waals surface area (Å²) in [5, 5.41) is 11.9. The minimum Gasteiger partial charge on any atom is -0.463 e. The third-order valence-corrected chi connectivity index (χ3v) is 5.17. The molecule has 0 aliphatic carbocycles. The van der Waals surface area contributed by atoms with Gasteiger partial charge in [0.2, 0.25) is 5.91 Å². The lowest BCUT2D eigenvalue weighted by Crippen LogP contribution is -2.38. The lowest BCUT2D eigenvalue weighted by molar-refractivity contribution is -0.122. The van der Waals surface area contributed by atoms with Gasteiger partial charge in [-0.25, -0.2) is 18.4 Å². The third-order valence-electron chi connectivity index (χ3n) is 5.17. The molecule has 0 bridgehead atoms. The van der Waals surface area contributed by atoms with Crippen LogP contribution in [0, 0.1) is 20.8 Å². The molecule has 168 valence electrons.